The molecule has 0 saturated heterocycles. The quantitative estimate of drug-likeness (QED) is 0.872. The smallest absolute Gasteiger partial charge is 0.225 e. The summed E-state index contributed by atoms with van der Waals surface area (Å²) >= 11 is 11.8. The first-order chi connectivity index (χ1) is 10.6. The summed E-state index contributed by atoms with van der Waals surface area (Å²) in [6, 6.07) is 5.83. The van der Waals surface area contributed by atoms with Crippen LogP contribution in [0.1, 0.15) is 17.2 Å². The fraction of sp³-hybridized carbons (Fsp3) is 0.200. The second kappa shape index (κ2) is 6.10. The number of rotatable bonds is 3. The van der Waals surface area contributed by atoms with E-state index in [2.05, 4.69) is 10.3 Å². The number of hydrogen-bond donors (Lipinski definition) is 1. The zero-order valence-electron chi connectivity index (χ0n) is 11.3. The third-order valence-electron chi connectivity index (χ3n) is 3.37. The summed E-state index contributed by atoms with van der Waals surface area (Å²) in [5.41, 5.74) is 0.880. The second-order valence-corrected chi connectivity index (χ2v) is 5.61. The molecule has 3 rings (SSSR count). The molecule has 1 aliphatic heterocycles. The maximum atomic E-state index is 13.8. The number of carbonyl (C=O) groups is 1. The standard InChI is InChI=1S/C15H11Cl2FN2O2/c16-10-3-4-11(18)9(14(10)17)6-13(21)20-12-7-22-15-8(12)2-1-5-19-15/h1-5,12H,6-7H2,(H,20,21). The molecule has 0 radical (unpaired) electrons. The molecule has 1 unspecified atom stereocenters. The lowest BCUT2D eigenvalue weighted by molar-refractivity contribution is -0.121. The number of hydrogen-bond acceptors (Lipinski definition) is 3. The van der Waals surface area contributed by atoms with Gasteiger partial charge >= 0.3 is 0 Å². The summed E-state index contributed by atoms with van der Waals surface area (Å²) < 4.78 is 19.2. The van der Waals surface area contributed by atoms with E-state index in [0.29, 0.717) is 12.5 Å². The topological polar surface area (TPSA) is 51.2 Å². The van der Waals surface area contributed by atoms with Crippen LogP contribution >= 0.6 is 23.2 Å². The van der Waals surface area contributed by atoms with E-state index in [9.17, 15) is 9.18 Å². The van der Waals surface area contributed by atoms with Crippen LogP contribution in [-0.4, -0.2) is 17.5 Å². The number of fused-ring (bicyclic) bond motifs is 1. The molecular weight excluding hydrogens is 330 g/mol. The Hall–Kier alpha value is -1.85. The van der Waals surface area contributed by atoms with Crippen LogP contribution < -0.4 is 10.1 Å². The molecule has 2 aromatic rings. The van der Waals surface area contributed by atoms with Crippen LogP contribution in [0.25, 0.3) is 0 Å². The van der Waals surface area contributed by atoms with Crippen LogP contribution in [0.4, 0.5) is 4.39 Å². The predicted molar refractivity (Wildman–Crippen MR) is 80.7 cm³/mol. The Bertz CT molecular complexity index is 739. The highest BCUT2D eigenvalue weighted by Gasteiger charge is 2.27. The number of benzene rings is 1. The molecule has 0 fully saturated rings. The molecule has 7 heteroatoms. The minimum absolute atomic E-state index is 0.0570. The monoisotopic (exact) mass is 340 g/mol. The van der Waals surface area contributed by atoms with Gasteiger partial charge in [-0.2, -0.15) is 0 Å². The Morgan fingerprint density at radius 2 is 2.23 bits per heavy atom. The van der Waals surface area contributed by atoms with E-state index in [0.717, 1.165) is 5.56 Å². The minimum atomic E-state index is -0.561. The molecule has 1 atom stereocenters. The van der Waals surface area contributed by atoms with Crippen molar-refractivity contribution in [2.45, 2.75) is 12.5 Å². The van der Waals surface area contributed by atoms with Gasteiger partial charge in [0.2, 0.25) is 11.8 Å². The Morgan fingerprint density at radius 1 is 1.41 bits per heavy atom. The van der Waals surface area contributed by atoms with Gasteiger partial charge in [-0.15, -0.1) is 0 Å². The predicted octanol–water partition coefficient (Wildman–Crippen LogP) is 3.32. The van der Waals surface area contributed by atoms with Crippen LogP contribution in [0, 0.1) is 5.82 Å². The molecule has 1 N–H and O–H groups in total. The van der Waals surface area contributed by atoms with Crippen molar-refractivity contribution in [2.24, 2.45) is 0 Å². The van der Waals surface area contributed by atoms with Crippen LogP contribution in [0.15, 0.2) is 30.5 Å². The molecule has 114 valence electrons. The Kier molecular flexibility index (Phi) is 4.18. The number of halogens is 3. The lowest BCUT2D eigenvalue weighted by Crippen LogP contribution is -2.31. The van der Waals surface area contributed by atoms with Gasteiger partial charge in [0.15, 0.2) is 0 Å². The molecular formula is C15H11Cl2FN2O2. The van der Waals surface area contributed by atoms with Crippen LogP contribution in [0.2, 0.25) is 10.0 Å². The molecule has 0 saturated carbocycles. The van der Waals surface area contributed by atoms with E-state index >= 15 is 0 Å². The maximum absolute atomic E-state index is 13.8. The first-order valence-electron chi connectivity index (χ1n) is 6.55. The van der Waals surface area contributed by atoms with Gasteiger partial charge < -0.3 is 10.1 Å². The number of carbonyl (C=O) groups excluding carboxylic acids is 1. The van der Waals surface area contributed by atoms with E-state index < -0.39 is 5.82 Å². The fourth-order valence-electron chi connectivity index (χ4n) is 2.30. The molecule has 1 amide bonds. The van der Waals surface area contributed by atoms with Gasteiger partial charge in [0.1, 0.15) is 12.4 Å². The van der Waals surface area contributed by atoms with Crippen LogP contribution in [-0.2, 0) is 11.2 Å². The van der Waals surface area contributed by atoms with Gasteiger partial charge in [-0.25, -0.2) is 9.37 Å². The second-order valence-electron chi connectivity index (χ2n) is 4.83. The molecule has 1 aliphatic rings. The number of aromatic nitrogens is 1. The van der Waals surface area contributed by atoms with E-state index in [-0.39, 0.29) is 34.0 Å². The third kappa shape index (κ3) is 2.87. The highest BCUT2D eigenvalue weighted by atomic mass is 35.5. The molecule has 0 bridgehead atoms. The van der Waals surface area contributed by atoms with Crippen LogP contribution in [0.3, 0.4) is 0 Å². The maximum Gasteiger partial charge on any atom is 0.225 e. The Morgan fingerprint density at radius 3 is 3.05 bits per heavy atom. The summed E-state index contributed by atoms with van der Waals surface area (Å²) in [6.07, 6.45) is 1.42. The molecule has 0 aliphatic carbocycles. The van der Waals surface area contributed by atoms with E-state index in [4.69, 9.17) is 27.9 Å². The van der Waals surface area contributed by atoms with Crippen molar-refractivity contribution in [1.82, 2.24) is 10.3 Å². The van der Waals surface area contributed by atoms with Gasteiger partial charge in [0.05, 0.1) is 22.5 Å². The first-order valence-corrected chi connectivity index (χ1v) is 7.31. The van der Waals surface area contributed by atoms with Crippen molar-refractivity contribution in [3.8, 4) is 5.88 Å². The van der Waals surface area contributed by atoms with Gasteiger partial charge in [0.25, 0.3) is 0 Å². The normalized spacial score (nSPS) is 16.0. The lowest BCUT2D eigenvalue weighted by Gasteiger charge is -2.12. The first kappa shape index (κ1) is 15.1. The average Bonchev–Trinajstić information content (AvgIpc) is 2.91. The molecule has 1 aromatic carbocycles. The van der Waals surface area contributed by atoms with Crippen molar-refractivity contribution in [1.29, 1.82) is 0 Å². The number of amides is 1. The van der Waals surface area contributed by atoms with E-state index in [1.165, 1.54) is 12.1 Å². The average molecular weight is 341 g/mol. The van der Waals surface area contributed by atoms with Crippen molar-refractivity contribution in [2.75, 3.05) is 6.61 Å². The lowest BCUT2D eigenvalue weighted by atomic mass is 10.1. The Labute approximate surface area is 136 Å². The summed E-state index contributed by atoms with van der Waals surface area (Å²) in [6.45, 7) is 0.295. The summed E-state index contributed by atoms with van der Waals surface area (Å²) in [5, 5.41) is 3.05. The molecule has 0 spiro atoms. The van der Waals surface area contributed by atoms with Gasteiger partial charge in [-0.3, -0.25) is 4.79 Å². The zero-order chi connectivity index (χ0) is 15.7. The van der Waals surface area contributed by atoms with E-state index in [1.54, 1.807) is 12.3 Å². The fourth-order valence-corrected chi connectivity index (χ4v) is 2.69. The van der Waals surface area contributed by atoms with Crippen molar-refractivity contribution in [3.63, 3.8) is 0 Å². The van der Waals surface area contributed by atoms with Crippen molar-refractivity contribution in [3.05, 3.63) is 57.5 Å². The van der Waals surface area contributed by atoms with Crippen LogP contribution in [0.5, 0.6) is 5.88 Å². The van der Waals surface area contributed by atoms with Gasteiger partial charge in [0, 0.05) is 17.3 Å². The number of ether oxygens (including phenoxy) is 1. The highest BCUT2D eigenvalue weighted by molar-refractivity contribution is 6.42. The number of nitrogens with one attached hydrogen (secondary N) is 1. The SMILES string of the molecule is O=C(Cc1c(F)ccc(Cl)c1Cl)NC1COc2ncccc21. The number of nitrogens with zero attached hydrogens (tertiary/aromatic N) is 1. The summed E-state index contributed by atoms with van der Waals surface area (Å²) in [4.78, 5) is 16.2. The van der Waals surface area contributed by atoms with Crippen molar-refractivity contribution < 1.29 is 13.9 Å². The highest BCUT2D eigenvalue weighted by Crippen LogP contribution is 2.31. The molecule has 22 heavy (non-hydrogen) atoms. The molecule has 4 nitrogen and oxygen atoms in total. The van der Waals surface area contributed by atoms with Crippen molar-refractivity contribution >= 4 is 29.1 Å². The molecule has 2 heterocycles. The third-order valence-corrected chi connectivity index (χ3v) is 4.22. The minimum Gasteiger partial charge on any atom is -0.475 e. The van der Waals surface area contributed by atoms with Gasteiger partial charge in [-0.05, 0) is 24.3 Å². The molecule has 1 aromatic heterocycles. The largest absolute Gasteiger partial charge is 0.475 e. The number of pyridine rings is 1. The summed E-state index contributed by atoms with van der Waals surface area (Å²) in [7, 11) is 0. The van der Waals surface area contributed by atoms with E-state index in [1.807, 2.05) is 6.07 Å². The Balaban J connectivity index is 1.74. The van der Waals surface area contributed by atoms with Gasteiger partial charge in [-0.1, -0.05) is 23.2 Å². The summed E-state index contributed by atoms with van der Waals surface area (Å²) in [5.74, 6) is -0.428. The zero-order valence-corrected chi connectivity index (χ0v) is 12.8.